The molecule has 0 aliphatic heterocycles. The second-order valence-electron chi connectivity index (χ2n) is 16.9. The fraction of sp³-hybridized carbons (Fsp3) is 0.771. The number of carboxylic acids is 2. The number of aryl methyl sites for hydroxylation is 1. The average Bonchev–Trinajstić information content (AvgIpc) is 3.82. The average molecular weight is 954 g/mol. The molecular formula is C48H83N5O14. The Kier molecular flexibility index (Phi) is 37.5. The highest BCUT2D eigenvalue weighted by molar-refractivity contribution is 5.87. The number of ketones is 3. The number of hydrogen-bond acceptors (Lipinski definition) is 13. The molecule has 1 aromatic rings. The van der Waals surface area contributed by atoms with Gasteiger partial charge in [-0.1, -0.05) is 70.6 Å². The van der Waals surface area contributed by atoms with Gasteiger partial charge in [-0.2, -0.15) is 0 Å². The van der Waals surface area contributed by atoms with Crippen LogP contribution in [0.25, 0.3) is 0 Å². The minimum absolute atomic E-state index is 0. The zero-order valence-electron chi connectivity index (χ0n) is 40.1. The van der Waals surface area contributed by atoms with Crippen molar-refractivity contribution in [2.45, 2.75) is 167 Å². The number of aromatic amines is 1. The van der Waals surface area contributed by atoms with Crippen LogP contribution in [0.4, 0.5) is 0 Å². The molecule has 0 saturated carbocycles. The van der Waals surface area contributed by atoms with Crippen LogP contribution < -0.4 is 16.0 Å². The summed E-state index contributed by atoms with van der Waals surface area (Å²) in [6, 6.07) is -1.11. The third kappa shape index (κ3) is 38.1. The SMILES string of the molecule is CC(=O)[C@H](CCCCNC(=O)COCCOCCNC(=O)COCCOCCCC(=O)CC[C@H](NC(=O)CCCCCCCCCCCCCCC(=O)O)C(=O)O)CC(=O)CCc1cnc[nH]1.[HH]. The molecule has 2 atom stereocenters. The lowest BCUT2D eigenvalue weighted by molar-refractivity contribution is -0.142. The Morgan fingerprint density at radius 1 is 0.582 bits per heavy atom. The normalized spacial score (nSPS) is 12.0. The fourth-order valence-electron chi connectivity index (χ4n) is 7.05. The van der Waals surface area contributed by atoms with Crippen molar-refractivity contribution in [3.8, 4) is 0 Å². The van der Waals surface area contributed by atoms with Crippen LogP contribution in [0.1, 0.15) is 162 Å². The van der Waals surface area contributed by atoms with E-state index in [1.165, 1.54) is 26.2 Å². The zero-order valence-corrected chi connectivity index (χ0v) is 40.1. The number of carbonyl (C=O) groups is 8. The lowest BCUT2D eigenvalue weighted by Gasteiger charge is -2.14. The Morgan fingerprint density at radius 2 is 1.15 bits per heavy atom. The van der Waals surface area contributed by atoms with Crippen LogP contribution in [0.5, 0.6) is 0 Å². The van der Waals surface area contributed by atoms with Gasteiger partial charge in [0.1, 0.15) is 36.6 Å². The number of carboxylic acid groups (broad SMARTS) is 2. The van der Waals surface area contributed by atoms with Gasteiger partial charge in [0.25, 0.3) is 0 Å². The van der Waals surface area contributed by atoms with Crippen molar-refractivity contribution in [1.29, 1.82) is 0 Å². The molecule has 1 rings (SSSR count). The number of rotatable bonds is 48. The van der Waals surface area contributed by atoms with E-state index in [-0.39, 0.29) is 134 Å². The molecule has 0 saturated heterocycles. The lowest BCUT2D eigenvalue weighted by atomic mass is 9.91. The molecule has 0 spiro atoms. The van der Waals surface area contributed by atoms with Crippen LogP contribution in [0, 0.1) is 5.92 Å². The van der Waals surface area contributed by atoms with Gasteiger partial charge in [-0.15, -0.1) is 0 Å². The topological polar surface area (TPSA) is 279 Å². The standard InChI is InChI=1S/C48H81N5O14.H2/c1-38(54)39(33-42(56)22-21-40-34-49-37-52-40)17-14-15-25-50-45(58)35-67-32-30-65-28-26-51-46(59)36-66-31-29-64-27-16-18-41(55)23-24-43(48(62)63)53-44(57)19-12-10-8-6-4-2-3-5-7-9-11-13-20-47(60)61;/h34,37,39,43H,2-33,35-36H2,1H3,(H,49,52)(H,50,58)(H,51,59)(H,53,57)(H,60,61)(H,62,63);1H/t39-,43+;/m1./s1. The Labute approximate surface area is 398 Å². The molecular weight excluding hydrogens is 871 g/mol. The van der Waals surface area contributed by atoms with Crippen molar-refractivity contribution in [3.05, 3.63) is 18.2 Å². The van der Waals surface area contributed by atoms with Crippen molar-refractivity contribution >= 4 is 47.0 Å². The minimum atomic E-state index is -1.17. The van der Waals surface area contributed by atoms with Gasteiger partial charge >= 0.3 is 11.9 Å². The summed E-state index contributed by atoms with van der Waals surface area (Å²) in [6.07, 6.45) is 19.9. The van der Waals surface area contributed by atoms with E-state index in [1.807, 2.05) is 0 Å². The highest BCUT2D eigenvalue weighted by atomic mass is 16.5. The van der Waals surface area contributed by atoms with Gasteiger partial charge in [-0.25, -0.2) is 9.78 Å². The van der Waals surface area contributed by atoms with E-state index in [2.05, 4.69) is 25.9 Å². The van der Waals surface area contributed by atoms with Crippen molar-refractivity contribution < 1.29 is 68.9 Å². The first-order valence-electron chi connectivity index (χ1n) is 24.5. The van der Waals surface area contributed by atoms with Gasteiger partial charge in [0, 0.05) is 77.5 Å². The first-order chi connectivity index (χ1) is 32.4. The first-order valence-corrected chi connectivity index (χ1v) is 24.5. The van der Waals surface area contributed by atoms with Gasteiger partial charge < -0.3 is 50.1 Å². The van der Waals surface area contributed by atoms with E-state index in [0.717, 1.165) is 57.1 Å². The van der Waals surface area contributed by atoms with E-state index in [0.29, 0.717) is 58.1 Å². The highest BCUT2D eigenvalue weighted by Gasteiger charge is 2.21. The number of carbonyl (C=O) groups excluding carboxylic acids is 6. The maximum absolute atomic E-state index is 12.3. The summed E-state index contributed by atoms with van der Waals surface area (Å²) < 4.78 is 21.5. The number of unbranched alkanes of at least 4 members (excludes halogenated alkanes) is 12. The number of hydrogen-bond donors (Lipinski definition) is 6. The summed E-state index contributed by atoms with van der Waals surface area (Å²) in [5.74, 6) is -3.19. The Morgan fingerprint density at radius 3 is 1.72 bits per heavy atom. The van der Waals surface area contributed by atoms with Gasteiger partial charge in [0.05, 0.1) is 39.4 Å². The van der Waals surface area contributed by atoms with Gasteiger partial charge in [0.15, 0.2) is 0 Å². The van der Waals surface area contributed by atoms with Crippen molar-refractivity contribution in [1.82, 2.24) is 25.9 Å². The molecule has 0 radical (unpaired) electrons. The minimum Gasteiger partial charge on any atom is -0.481 e. The van der Waals surface area contributed by atoms with Crippen LogP contribution in [-0.2, 0) is 63.7 Å². The van der Waals surface area contributed by atoms with Gasteiger partial charge in [0.2, 0.25) is 17.7 Å². The van der Waals surface area contributed by atoms with Crippen LogP contribution in [0.15, 0.2) is 12.5 Å². The Hall–Kier alpha value is -4.59. The largest absolute Gasteiger partial charge is 0.481 e. The summed E-state index contributed by atoms with van der Waals surface area (Å²) in [7, 11) is 0. The fourth-order valence-corrected chi connectivity index (χ4v) is 7.05. The summed E-state index contributed by atoms with van der Waals surface area (Å²) in [5, 5.41) is 26.2. The number of imidazole rings is 1. The van der Waals surface area contributed by atoms with E-state index < -0.39 is 18.0 Å². The van der Waals surface area contributed by atoms with E-state index in [4.69, 9.17) is 24.1 Å². The lowest BCUT2D eigenvalue weighted by Crippen LogP contribution is -2.41. The van der Waals surface area contributed by atoms with Crippen molar-refractivity contribution in [2.75, 3.05) is 65.9 Å². The quantitative estimate of drug-likeness (QED) is 0.0442. The van der Waals surface area contributed by atoms with E-state index >= 15 is 0 Å². The number of nitrogens with zero attached hydrogens (tertiary/aromatic N) is 1. The highest BCUT2D eigenvalue weighted by Crippen LogP contribution is 2.17. The smallest absolute Gasteiger partial charge is 0.326 e. The molecule has 1 heterocycles. The molecule has 384 valence electrons. The molecule has 0 aromatic carbocycles. The van der Waals surface area contributed by atoms with Crippen molar-refractivity contribution in [3.63, 3.8) is 0 Å². The third-order valence-electron chi connectivity index (χ3n) is 11.0. The first kappa shape index (κ1) is 60.4. The van der Waals surface area contributed by atoms with Crippen molar-refractivity contribution in [2.24, 2.45) is 5.92 Å². The zero-order chi connectivity index (χ0) is 49.2. The molecule has 1 aromatic heterocycles. The molecule has 3 amide bonds. The second-order valence-corrected chi connectivity index (χ2v) is 16.9. The monoisotopic (exact) mass is 954 g/mol. The maximum Gasteiger partial charge on any atom is 0.326 e. The van der Waals surface area contributed by atoms with Crippen LogP contribution in [0.3, 0.4) is 0 Å². The van der Waals surface area contributed by atoms with E-state index in [9.17, 15) is 43.5 Å². The molecule has 67 heavy (non-hydrogen) atoms. The number of nitrogens with one attached hydrogen (secondary N) is 4. The van der Waals surface area contributed by atoms with E-state index in [1.54, 1.807) is 12.5 Å². The summed E-state index contributed by atoms with van der Waals surface area (Å²) in [5.41, 5.74) is 0.885. The predicted molar refractivity (Wildman–Crippen MR) is 251 cm³/mol. The number of amides is 3. The summed E-state index contributed by atoms with van der Waals surface area (Å²) in [4.78, 5) is 102. The molecule has 0 fully saturated rings. The molecule has 6 N–H and O–H groups in total. The molecule has 0 aliphatic carbocycles. The van der Waals surface area contributed by atoms with Gasteiger partial charge in [-0.05, 0) is 51.9 Å². The van der Waals surface area contributed by atoms with Crippen LogP contribution in [0.2, 0.25) is 0 Å². The number of aromatic nitrogens is 2. The maximum atomic E-state index is 12.3. The Balaban J connectivity index is 0.0000449. The Bertz CT molecular complexity index is 1530. The second kappa shape index (κ2) is 41.6. The van der Waals surface area contributed by atoms with Gasteiger partial charge in [-0.3, -0.25) is 33.6 Å². The molecule has 19 nitrogen and oxygen atoms in total. The molecule has 0 unspecified atom stereocenters. The number of Topliss-reactive ketones (excluding diaryl/α,β-unsaturated/α-hetero) is 3. The summed E-state index contributed by atoms with van der Waals surface area (Å²) in [6.45, 7) is 3.33. The van der Waals surface area contributed by atoms with Crippen LogP contribution in [-0.4, -0.2) is 139 Å². The predicted octanol–water partition coefficient (Wildman–Crippen LogP) is 5.47. The molecule has 0 bridgehead atoms. The number of aliphatic carboxylic acids is 2. The third-order valence-corrected chi connectivity index (χ3v) is 11.0. The summed E-state index contributed by atoms with van der Waals surface area (Å²) >= 11 is 0. The number of H-pyrrole nitrogens is 1. The number of ether oxygens (including phenoxy) is 4. The van der Waals surface area contributed by atoms with Crippen LogP contribution >= 0.6 is 0 Å². The molecule has 19 heteroatoms. The molecule has 0 aliphatic rings.